The van der Waals surface area contributed by atoms with Gasteiger partial charge in [-0.05, 0) is 12.1 Å². The van der Waals surface area contributed by atoms with Crippen LogP contribution in [0.4, 0.5) is 0 Å². The minimum absolute atomic E-state index is 0.00116. The van der Waals surface area contributed by atoms with E-state index in [4.69, 9.17) is 4.42 Å². The van der Waals surface area contributed by atoms with Crippen LogP contribution in [0.1, 0.15) is 11.8 Å². The molecule has 4 nitrogen and oxygen atoms in total. The fraction of sp³-hybridized carbons (Fsp3) is 0.444. The second-order valence-electron chi connectivity index (χ2n) is 3.02. The SMILES string of the molecule is O=[C]N1CCNCC1c1ccco1. The number of furan rings is 1. The average molecular weight is 179 g/mol. The maximum Gasteiger partial charge on any atom is 0.312 e. The zero-order valence-corrected chi connectivity index (χ0v) is 7.19. The van der Waals surface area contributed by atoms with E-state index in [-0.39, 0.29) is 6.04 Å². The molecule has 1 aliphatic rings. The fourth-order valence-electron chi connectivity index (χ4n) is 1.55. The Bertz CT molecular complexity index is 271. The largest absolute Gasteiger partial charge is 0.467 e. The van der Waals surface area contributed by atoms with E-state index in [2.05, 4.69) is 5.32 Å². The molecule has 1 atom stereocenters. The van der Waals surface area contributed by atoms with Crippen molar-refractivity contribution in [1.82, 2.24) is 10.2 Å². The number of nitrogens with one attached hydrogen (secondary N) is 1. The monoisotopic (exact) mass is 179 g/mol. The molecule has 0 aromatic carbocycles. The highest BCUT2D eigenvalue weighted by Gasteiger charge is 2.24. The lowest BCUT2D eigenvalue weighted by Gasteiger charge is -2.30. The summed E-state index contributed by atoms with van der Waals surface area (Å²) in [6.45, 7) is 2.25. The van der Waals surface area contributed by atoms with Gasteiger partial charge in [0.15, 0.2) is 0 Å². The van der Waals surface area contributed by atoms with Gasteiger partial charge >= 0.3 is 6.41 Å². The molecule has 0 spiro atoms. The topological polar surface area (TPSA) is 45.5 Å². The van der Waals surface area contributed by atoms with Crippen molar-refractivity contribution in [2.24, 2.45) is 0 Å². The zero-order chi connectivity index (χ0) is 9.10. The lowest BCUT2D eigenvalue weighted by atomic mass is 10.1. The zero-order valence-electron chi connectivity index (χ0n) is 7.19. The van der Waals surface area contributed by atoms with Gasteiger partial charge in [-0.15, -0.1) is 0 Å². The van der Waals surface area contributed by atoms with E-state index in [1.165, 1.54) is 0 Å². The highest BCUT2D eigenvalue weighted by Crippen LogP contribution is 2.20. The minimum atomic E-state index is 0.00116. The molecule has 1 fully saturated rings. The van der Waals surface area contributed by atoms with E-state index in [0.717, 1.165) is 18.8 Å². The number of carbonyl (C=O) groups excluding carboxylic acids is 1. The molecule has 2 rings (SSSR count). The van der Waals surface area contributed by atoms with Crippen molar-refractivity contribution in [3.63, 3.8) is 0 Å². The molecular formula is C9H11N2O2. The summed E-state index contributed by atoms with van der Waals surface area (Å²) >= 11 is 0. The highest BCUT2D eigenvalue weighted by atomic mass is 16.3. The number of rotatable bonds is 2. The molecule has 1 saturated heterocycles. The van der Waals surface area contributed by atoms with Crippen molar-refractivity contribution in [3.05, 3.63) is 24.2 Å². The molecule has 1 amide bonds. The van der Waals surface area contributed by atoms with E-state index in [1.54, 1.807) is 11.2 Å². The average Bonchev–Trinajstić information content (AvgIpc) is 2.70. The Morgan fingerprint density at radius 1 is 1.69 bits per heavy atom. The molecule has 1 unspecified atom stereocenters. The molecule has 1 N–H and O–H groups in total. The molecule has 0 saturated carbocycles. The smallest absolute Gasteiger partial charge is 0.312 e. The molecule has 1 radical (unpaired) electrons. The summed E-state index contributed by atoms with van der Waals surface area (Å²) in [6, 6.07) is 3.70. The number of hydrogen-bond acceptors (Lipinski definition) is 3. The Labute approximate surface area is 76.5 Å². The molecule has 69 valence electrons. The van der Waals surface area contributed by atoms with Crippen LogP contribution >= 0.6 is 0 Å². The predicted octanol–water partition coefficient (Wildman–Crippen LogP) is 0.293. The van der Waals surface area contributed by atoms with E-state index in [0.29, 0.717) is 6.54 Å². The van der Waals surface area contributed by atoms with Gasteiger partial charge in [-0.25, -0.2) is 0 Å². The first-order valence-corrected chi connectivity index (χ1v) is 4.30. The number of nitrogens with zero attached hydrogens (tertiary/aromatic N) is 1. The molecule has 0 aliphatic carbocycles. The van der Waals surface area contributed by atoms with Crippen LogP contribution in [0.3, 0.4) is 0 Å². The van der Waals surface area contributed by atoms with E-state index in [9.17, 15) is 4.79 Å². The van der Waals surface area contributed by atoms with Crippen LogP contribution in [0.2, 0.25) is 0 Å². The van der Waals surface area contributed by atoms with Gasteiger partial charge in [-0.1, -0.05) is 0 Å². The normalized spacial score (nSPS) is 23.1. The first kappa shape index (κ1) is 8.31. The third kappa shape index (κ3) is 1.58. The number of amides is 1. The van der Waals surface area contributed by atoms with Crippen molar-refractivity contribution >= 4 is 6.41 Å². The quantitative estimate of drug-likeness (QED) is 0.710. The van der Waals surface area contributed by atoms with E-state index >= 15 is 0 Å². The Morgan fingerprint density at radius 3 is 3.31 bits per heavy atom. The second-order valence-corrected chi connectivity index (χ2v) is 3.02. The van der Waals surface area contributed by atoms with Crippen LogP contribution in [-0.4, -0.2) is 30.9 Å². The van der Waals surface area contributed by atoms with Gasteiger partial charge < -0.3 is 14.6 Å². The summed E-state index contributed by atoms with van der Waals surface area (Å²) in [4.78, 5) is 12.2. The van der Waals surface area contributed by atoms with Gasteiger partial charge in [-0.2, -0.15) is 0 Å². The molecule has 2 heterocycles. The van der Waals surface area contributed by atoms with Gasteiger partial charge in [0.1, 0.15) is 11.8 Å². The Kier molecular flexibility index (Phi) is 2.31. The summed E-state index contributed by atoms with van der Waals surface area (Å²) in [6.07, 6.45) is 3.54. The van der Waals surface area contributed by atoms with Crippen molar-refractivity contribution < 1.29 is 9.21 Å². The number of piperazine rings is 1. The Morgan fingerprint density at radius 2 is 2.62 bits per heavy atom. The second kappa shape index (κ2) is 3.62. The van der Waals surface area contributed by atoms with Gasteiger partial charge in [0, 0.05) is 19.6 Å². The maximum atomic E-state index is 10.6. The van der Waals surface area contributed by atoms with Gasteiger partial charge in [-0.3, -0.25) is 4.79 Å². The van der Waals surface area contributed by atoms with Crippen LogP contribution in [0.15, 0.2) is 22.8 Å². The number of hydrogen-bond donors (Lipinski definition) is 1. The lowest BCUT2D eigenvalue weighted by molar-refractivity contribution is 0.221. The Hall–Kier alpha value is -1.29. The van der Waals surface area contributed by atoms with E-state index in [1.807, 2.05) is 18.5 Å². The summed E-state index contributed by atoms with van der Waals surface area (Å²) in [5, 5.41) is 3.21. The van der Waals surface area contributed by atoms with Gasteiger partial charge in [0.25, 0.3) is 0 Å². The van der Waals surface area contributed by atoms with Crippen LogP contribution in [0.5, 0.6) is 0 Å². The highest BCUT2D eigenvalue weighted by molar-refractivity contribution is 5.49. The van der Waals surface area contributed by atoms with E-state index < -0.39 is 0 Å². The van der Waals surface area contributed by atoms with Crippen LogP contribution < -0.4 is 5.32 Å². The van der Waals surface area contributed by atoms with Gasteiger partial charge in [0.05, 0.1) is 6.26 Å². The van der Waals surface area contributed by atoms with Crippen LogP contribution in [0.25, 0.3) is 0 Å². The van der Waals surface area contributed by atoms with Crippen molar-refractivity contribution in [2.75, 3.05) is 19.6 Å². The van der Waals surface area contributed by atoms with Crippen molar-refractivity contribution in [3.8, 4) is 0 Å². The molecule has 4 heteroatoms. The molecule has 1 aliphatic heterocycles. The summed E-state index contributed by atoms with van der Waals surface area (Å²) in [5.41, 5.74) is 0. The maximum absolute atomic E-state index is 10.6. The molecule has 1 aromatic heterocycles. The van der Waals surface area contributed by atoms with Crippen LogP contribution in [0, 0.1) is 0 Å². The molecule has 0 bridgehead atoms. The summed E-state index contributed by atoms with van der Waals surface area (Å²) < 4.78 is 5.24. The summed E-state index contributed by atoms with van der Waals surface area (Å²) in [7, 11) is 0. The third-order valence-electron chi connectivity index (χ3n) is 2.23. The van der Waals surface area contributed by atoms with Gasteiger partial charge in [0.2, 0.25) is 0 Å². The molecular weight excluding hydrogens is 168 g/mol. The van der Waals surface area contributed by atoms with Crippen LogP contribution in [-0.2, 0) is 4.79 Å². The minimum Gasteiger partial charge on any atom is -0.467 e. The summed E-state index contributed by atoms with van der Waals surface area (Å²) in [5.74, 6) is 0.815. The Balaban J connectivity index is 2.15. The predicted molar refractivity (Wildman–Crippen MR) is 46.7 cm³/mol. The van der Waals surface area contributed by atoms with Crippen molar-refractivity contribution in [2.45, 2.75) is 6.04 Å². The molecule has 1 aromatic rings. The van der Waals surface area contributed by atoms with Crippen molar-refractivity contribution in [1.29, 1.82) is 0 Å². The fourth-order valence-corrected chi connectivity index (χ4v) is 1.55. The standard InChI is InChI=1S/C9H11N2O2/c12-7-11-4-3-10-6-8(11)9-2-1-5-13-9/h1-2,5,8,10H,3-4,6H2. The first-order valence-electron chi connectivity index (χ1n) is 4.30. The molecule has 13 heavy (non-hydrogen) atoms. The first-order chi connectivity index (χ1) is 6.42. The third-order valence-corrected chi connectivity index (χ3v) is 2.23. The lowest BCUT2D eigenvalue weighted by Crippen LogP contribution is -2.45.